The van der Waals surface area contributed by atoms with E-state index in [9.17, 15) is 4.79 Å². The van der Waals surface area contributed by atoms with E-state index >= 15 is 0 Å². The van der Waals surface area contributed by atoms with Crippen LogP contribution in [0.3, 0.4) is 0 Å². The molecule has 0 bridgehead atoms. The van der Waals surface area contributed by atoms with E-state index in [4.69, 9.17) is 23.2 Å². The van der Waals surface area contributed by atoms with E-state index in [2.05, 4.69) is 4.98 Å². The van der Waals surface area contributed by atoms with Gasteiger partial charge in [0.25, 0.3) is 0 Å². The third-order valence-electron chi connectivity index (χ3n) is 1.98. The van der Waals surface area contributed by atoms with E-state index in [-0.39, 0.29) is 5.78 Å². The minimum Gasteiger partial charge on any atom is -0.293 e. The van der Waals surface area contributed by atoms with Gasteiger partial charge in [-0.3, -0.25) is 4.79 Å². The van der Waals surface area contributed by atoms with Gasteiger partial charge in [0.2, 0.25) is 0 Å². The summed E-state index contributed by atoms with van der Waals surface area (Å²) < 4.78 is 0.887. The Morgan fingerprint density at radius 3 is 2.82 bits per heavy atom. The maximum absolute atomic E-state index is 11.9. The number of Topliss-reactive ketones (excluding diaryl/α,β-unsaturated/α-hetero) is 1. The number of ketones is 1. The molecule has 1 heterocycles. The highest BCUT2D eigenvalue weighted by Crippen LogP contribution is 2.25. The Balaban J connectivity index is 2.02. The molecule has 6 heteroatoms. The number of nitrogens with zero attached hydrogens (tertiary/aromatic N) is 1. The Hall–Kier alpha value is -0.550. The molecule has 2 rings (SSSR count). The van der Waals surface area contributed by atoms with Crippen LogP contribution in [0, 0.1) is 0 Å². The van der Waals surface area contributed by atoms with Crippen molar-refractivity contribution in [3.8, 4) is 0 Å². The number of rotatable bonds is 4. The van der Waals surface area contributed by atoms with E-state index in [1.54, 1.807) is 24.4 Å². The van der Waals surface area contributed by atoms with E-state index in [0.717, 1.165) is 4.34 Å². The second-order valence-electron chi connectivity index (χ2n) is 3.14. The average molecular weight is 304 g/mol. The van der Waals surface area contributed by atoms with Crippen LogP contribution in [0.2, 0.25) is 10.0 Å². The van der Waals surface area contributed by atoms with Crippen molar-refractivity contribution in [2.45, 2.75) is 4.34 Å². The van der Waals surface area contributed by atoms with Gasteiger partial charge in [-0.15, -0.1) is 11.3 Å². The van der Waals surface area contributed by atoms with Crippen molar-refractivity contribution in [2.75, 3.05) is 5.75 Å². The maximum atomic E-state index is 11.9. The Kier molecular flexibility index (Phi) is 4.45. The van der Waals surface area contributed by atoms with Crippen LogP contribution in [-0.4, -0.2) is 16.5 Å². The molecule has 0 atom stereocenters. The summed E-state index contributed by atoms with van der Waals surface area (Å²) in [6.45, 7) is 0. The number of thioether (sulfide) groups is 1. The number of carbonyl (C=O) groups is 1. The number of carbonyl (C=O) groups excluding carboxylic acids is 1. The summed E-state index contributed by atoms with van der Waals surface area (Å²) in [6, 6.07) is 4.90. The number of hydrogen-bond donors (Lipinski definition) is 0. The second-order valence-corrected chi connectivity index (χ2v) is 6.07. The number of benzene rings is 1. The summed E-state index contributed by atoms with van der Waals surface area (Å²) in [7, 11) is 0. The largest absolute Gasteiger partial charge is 0.293 e. The molecule has 88 valence electrons. The Labute approximate surface area is 117 Å². The maximum Gasteiger partial charge on any atom is 0.173 e. The molecule has 0 saturated carbocycles. The second kappa shape index (κ2) is 5.87. The summed E-state index contributed by atoms with van der Waals surface area (Å²) in [5.74, 6) is 0.370. The molecular formula is C11H7Cl2NOS2. The SMILES string of the molecule is O=C(CSc1nccs1)c1ccc(Cl)c(Cl)c1. The van der Waals surface area contributed by atoms with Gasteiger partial charge in [-0.2, -0.15) is 0 Å². The topological polar surface area (TPSA) is 30.0 Å². The molecule has 2 nitrogen and oxygen atoms in total. The van der Waals surface area contributed by atoms with Gasteiger partial charge in [0.15, 0.2) is 5.78 Å². The first-order chi connectivity index (χ1) is 8.16. The lowest BCUT2D eigenvalue weighted by Gasteiger charge is -2.01. The predicted octanol–water partition coefficient (Wildman–Crippen LogP) is 4.42. The quantitative estimate of drug-likeness (QED) is 0.618. The monoisotopic (exact) mass is 303 g/mol. The summed E-state index contributed by atoms with van der Waals surface area (Å²) >= 11 is 14.6. The number of thiazole rings is 1. The lowest BCUT2D eigenvalue weighted by atomic mass is 10.1. The van der Waals surface area contributed by atoms with Gasteiger partial charge >= 0.3 is 0 Å². The first kappa shape index (κ1) is 12.9. The minimum atomic E-state index is 0.0174. The third kappa shape index (κ3) is 3.45. The summed E-state index contributed by atoms with van der Waals surface area (Å²) in [5, 5.41) is 2.74. The molecule has 1 aromatic heterocycles. The van der Waals surface area contributed by atoms with Crippen molar-refractivity contribution in [1.29, 1.82) is 0 Å². The van der Waals surface area contributed by atoms with Crippen LogP contribution < -0.4 is 0 Å². The fourth-order valence-electron chi connectivity index (χ4n) is 1.16. The summed E-state index contributed by atoms with van der Waals surface area (Å²) in [4.78, 5) is 16.0. The van der Waals surface area contributed by atoms with Crippen molar-refractivity contribution in [3.63, 3.8) is 0 Å². The fraction of sp³-hybridized carbons (Fsp3) is 0.0909. The lowest BCUT2D eigenvalue weighted by molar-refractivity contribution is 0.102. The van der Waals surface area contributed by atoms with Crippen LogP contribution in [-0.2, 0) is 0 Å². The Bertz CT molecular complexity index is 528. The molecule has 0 spiro atoms. The van der Waals surface area contributed by atoms with Crippen LogP contribution in [0.5, 0.6) is 0 Å². The van der Waals surface area contributed by atoms with Crippen molar-refractivity contribution in [2.24, 2.45) is 0 Å². The molecule has 0 amide bonds. The van der Waals surface area contributed by atoms with Crippen LogP contribution >= 0.6 is 46.3 Å². The van der Waals surface area contributed by atoms with Gasteiger partial charge in [-0.1, -0.05) is 35.0 Å². The molecule has 2 aromatic rings. The van der Waals surface area contributed by atoms with Crippen LogP contribution in [0.25, 0.3) is 0 Å². The van der Waals surface area contributed by atoms with Crippen molar-refractivity contribution >= 4 is 52.1 Å². The molecule has 0 unspecified atom stereocenters. The zero-order chi connectivity index (χ0) is 12.3. The van der Waals surface area contributed by atoms with Gasteiger partial charge in [-0.25, -0.2) is 4.98 Å². The highest BCUT2D eigenvalue weighted by Gasteiger charge is 2.09. The molecule has 0 aliphatic carbocycles. The third-order valence-corrected chi connectivity index (χ3v) is 4.68. The first-order valence-electron chi connectivity index (χ1n) is 4.67. The summed E-state index contributed by atoms with van der Waals surface area (Å²) in [6.07, 6.45) is 1.72. The van der Waals surface area contributed by atoms with Gasteiger partial charge in [0.1, 0.15) is 4.34 Å². The van der Waals surface area contributed by atoms with Gasteiger partial charge < -0.3 is 0 Å². The van der Waals surface area contributed by atoms with Gasteiger partial charge in [0.05, 0.1) is 15.8 Å². The van der Waals surface area contributed by atoms with Crippen molar-refractivity contribution in [3.05, 3.63) is 45.4 Å². The van der Waals surface area contributed by atoms with Crippen molar-refractivity contribution in [1.82, 2.24) is 4.98 Å². The average Bonchev–Trinajstić information content (AvgIpc) is 2.82. The molecule has 17 heavy (non-hydrogen) atoms. The predicted molar refractivity (Wildman–Crippen MR) is 73.6 cm³/mol. The number of halogens is 2. The molecule has 0 aliphatic rings. The van der Waals surface area contributed by atoms with Crippen LogP contribution in [0.4, 0.5) is 0 Å². The minimum absolute atomic E-state index is 0.0174. The normalized spacial score (nSPS) is 10.5. The van der Waals surface area contributed by atoms with E-state index in [0.29, 0.717) is 21.4 Å². The molecule has 0 saturated heterocycles. The van der Waals surface area contributed by atoms with Gasteiger partial charge in [0, 0.05) is 17.1 Å². The Morgan fingerprint density at radius 2 is 2.18 bits per heavy atom. The highest BCUT2D eigenvalue weighted by molar-refractivity contribution is 8.01. The molecule has 1 aromatic carbocycles. The highest BCUT2D eigenvalue weighted by atomic mass is 35.5. The van der Waals surface area contributed by atoms with Gasteiger partial charge in [-0.05, 0) is 18.2 Å². The molecule has 0 fully saturated rings. The summed E-state index contributed by atoms with van der Waals surface area (Å²) in [5.41, 5.74) is 0.573. The molecular weight excluding hydrogens is 297 g/mol. The number of aromatic nitrogens is 1. The van der Waals surface area contributed by atoms with E-state index in [1.165, 1.54) is 23.1 Å². The van der Waals surface area contributed by atoms with Crippen molar-refractivity contribution < 1.29 is 4.79 Å². The molecule has 0 N–H and O–H groups in total. The van der Waals surface area contributed by atoms with E-state index in [1.807, 2.05) is 5.38 Å². The molecule has 0 radical (unpaired) electrons. The zero-order valence-corrected chi connectivity index (χ0v) is 11.7. The Morgan fingerprint density at radius 1 is 1.35 bits per heavy atom. The van der Waals surface area contributed by atoms with E-state index < -0.39 is 0 Å². The lowest BCUT2D eigenvalue weighted by Crippen LogP contribution is -2.02. The first-order valence-corrected chi connectivity index (χ1v) is 7.29. The standard InChI is InChI=1S/C11H7Cl2NOS2/c12-8-2-1-7(5-9(8)13)10(15)6-17-11-14-3-4-16-11/h1-5H,6H2. The van der Waals surface area contributed by atoms with Crippen LogP contribution in [0.15, 0.2) is 34.1 Å². The van der Waals surface area contributed by atoms with Crippen LogP contribution in [0.1, 0.15) is 10.4 Å². The smallest absolute Gasteiger partial charge is 0.173 e. The fourth-order valence-corrected chi connectivity index (χ4v) is 2.99. The molecule has 0 aliphatic heterocycles. The zero-order valence-electron chi connectivity index (χ0n) is 8.52. The number of hydrogen-bond acceptors (Lipinski definition) is 4.